The fraction of sp³-hybridized carbons (Fsp3) is 0.0588. The van der Waals surface area contributed by atoms with Crippen LogP contribution in [0.3, 0.4) is 0 Å². The number of anilines is 1. The summed E-state index contributed by atoms with van der Waals surface area (Å²) in [5.41, 5.74) is 16.7. The van der Waals surface area contributed by atoms with Gasteiger partial charge in [0.2, 0.25) is 0 Å². The first-order valence-corrected chi connectivity index (χ1v) is 12.6. The zero-order valence-corrected chi connectivity index (χ0v) is 20.9. The van der Waals surface area contributed by atoms with E-state index in [1.165, 1.54) is 33.0 Å². The van der Waals surface area contributed by atoms with Gasteiger partial charge in [0.05, 0.1) is 11.0 Å². The van der Waals surface area contributed by atoms with Crippen LogP contribution >= 0.6 is 0 Å². The topological polar surface area (TPSA) is 43.0 Å². The predicted octanol–water partition coefficient (Wildman–Crippen LogP) is 8.18. The van der Waals surface area contributed by atoms with Crippen molar-refractivity contribution in [2.45, 2.75) is 13.5 Å². The summed E-state index contributed by atoms with van der Waals surface area (Å²) in [6.45, 7) is 2.88. The second-order valence-electron chi connectivity index (χ2n) is 9.42. The third-order valence-electron chi connectivity index (χ3n) is 6.95. The zero-order valence-electron chi connectivity index (χ0n) is 20.9. The lowest BCUT2D eigenvalue weighted by Gasteiger charge is -2.12. The van der Waals surface area contributed by atoms with Crippen LogP contribution in [-0.4, -0.2) is 4.57 Å². The number of hydrogen-bond acceptors (Lipinski definition) is 2. The van der Waals surface area contributed by atoms with Crippen LogP contribution < -0.4 is 11.1 Å². The van der Waals surface area contributed by atoms with Crippen molar-refractivity contribution in [1.82, 2.24) is 9.88 Å². The van der Waals surface area contributed by atoms with Crippen LogP contribution in [0, 0.1) is 0 Å². The molecule has 0 spiro atoms. The molecule has 0 saturated carbocycles. The number of rotatable bonds is 6. The summed E-state index contributed by atoms with van der Waals surface area (Å²) in [5.74, 6) is 0. The standard InChI is InChI=1S/C34H29N3/c1-24(26-12-4-2-5-13-26)22-36-23-25-11-10-16-28(19-25)37-33-18-9-8-17-29(33)31-20-30(32(35)21-34(31)37)27-14-6-3-7-15-27/h2-22,36H,23,35H2,1H3/b24-22+. The predicted molar refractivity (Wildman–Crippen MR) is 158 cm³/mol. The highest BCUT2D eigenvalue weighted by atomic mass is 15.0. The summed E-state index contributed by atoms with van der Waals surface area (Å²) in [4.78, 5) is 0. The minimum atomic E-state index is 0.745. The van der Waals surface area contributed by atoms with Gasteiger partial charge in [-0.15, -0.1) is 0 Å². The van der Waals surface area contributed by atoms with Crippen LogP contribution in [0.5, 0.6) is 0 Å². The van der Waals surface area contributed by atoms with Crippen molar-refractivity contribution in [2.24, 2.45) is 0 Å². The number of aromatic nitrogens is 1. The van der Waals surface area contributed by atoms with Gasteiger partial charge in [0.15, 0.2) is 0 Å². The molecule has 0 fully saturated rings. The first-order chi connectivity index (χ1) is 18.2. The molecule has 6 aromatic rings. The van der Waals surface area contributed by atoms with E-state index in [2.05, 4.69) is 132 Å². The van der Waals surface area contributed by atoms with E-state index in [4.69, 9.17) is 5.73 Å². The molecular weight excluding hydrogens is 450 g/mol. The number of nitrogens with one attached hydrogen (secondary N) is 1. The van der Waals surface area contributed by atoms with E-state index >= 15 is 0 Å². The van der Waals surface area contributed by atoms with Gasteiger partial charge in [-0.25, -0.2) is 0 Å². The molecule has 1 heterocycles. The van der Waals surface area contributed by atoms with Crippen molar-refractivity contribution in [3.63, 3.8) is 0 Å². The molecule has 0 amide bonds. The number of hydrogen-bond donors (Lipinski definition) is 2. The number of allylic oxidation sites excluding steroid dienone is 1. The van der Waals surface area contributed by atoms with E-state index < -0.39 is 0 Å². The van der Waals surface area contributed by atoms with E-state index in [0.29, 0.717) is 0 Å². The Labute approximate surface area is 217 Å². The van der Waals surface area contributed by atoms with Gasteiger partial charge in [0.25, 0.3) is 0 Å². The molecule has 0 aliphatic rings. The van der Waals surface area contributed by atoms with Crippen LogP contribution in [-0.2, 0) is 6.54 Å². The Morgan fingerprint density at radius 1 is 0.730 bits per heavy atom. The number of nitrogen functional groups attached to an aromatic ring is 1. The van der Waals surface area contributed by atoms with Gasteiger partial charge in [0, 0.05) is 40.5 Å². The number of fused-ring (bicyclic) bond motifs is 3. The monoisotopic (exact) mass is 479 g/mol. The minimum absolute atomic E-state index is 0.745. The Hall–Kier alpha value is -4.76. The van der Waals surface area contributed by atoms with Crippen LogP contribution in [0.4, 0.5) is 5.69 Å². The number of benzene rings is 5. The molecule has 0 aliphatic heterocycles. The molecule has 5 aromatic carbocycles. The third kappa shape index (κ3) is 4.36. The van der Waals surface area contributed by atoms with Crippen LogP contribution in [0.25, 0.3) is 44.2 Å². The SMILES string of the molecule is C/C(=C\NCc1cccc(-n2c3ccccc3c3cc(-c4ccccc4)c(N)cc32)c1)c1ccccc1. The lowest BCUT2D eigenvalue weighted by atomic mass is 10.0. The maximum atomic E-state index is 6.63. The molecule has 1 aromatic heterocycles. The Kier molecular flexibility index (Phi) is 5.95. The van der Waals surface area contributed by atoms with E-state index in [-0.39, 0.29) is 0 Å². The van der Waals surface area contributed by atoms with Gasteiger partial charge >= 0.3 is 0 Å². The van der Waals surface area contributed by atoms with Crippen molar-refractivity contribution in [1.29, 1.82) is 0 Å². The molecule has 180 valence electrons. The summed E-state index contributed by atoms with van der Waals surface area (Å²) in [6, 6.07) is 42.5. The highest BCUT2D eigenvalue weighted by Crippen LogP contribution is 2.38. The fourth-order valence-corrected chi connectivity index (χ4v) is 5.09. The fourth-order valence-electron chi connectivity index (χ4n) is 5.09. The van der Waals surface area contributed by atoms with Crippen LogP contribution in [0.2, 0.25) is 0 Å². The summed E-state index contributed by atoms with van der Waals surface area (Å²) < 4.78 is 2.32. The van der Waals surface area contributed by atoms with Crippen molar-refractivity contribution >= 4 is 33.1 Å². The molecular formula is C34H29N3. The Balaban J connectivity index is 1.40. The molecule has 0 aliphatic carbocycles. The lowest BCUT2D eigenvalue weighted by molar-refractivity contribution is 0.869. The highest BCUT2D eigenvalue weighted by molar-refractivity contribution is 6.12. The molecule has 0 unspecified atom stereocenters. The second kappa shape index (κ2) is 9.71. The lowest BCUT2D eigenvalue weighted by Crippen LogP contribution is -2.06. The molecule has 0 bridgehead atoms. The van der Waals surface area contributed by atoms with Gasteiger partial charge in [-0.1, -0.05) is 91.0 Å². The summed E-state index contributed by atoms with van der Waals surface area (Å²) >= 11 is 0. The van der Waals surface area contributed by atoms with Crippen LogP contribution in [0.1, 0.15) is 18.1 Å². The van der Waals surface area contributed by atoms with Gasteiger partial charge in [-0.2, -0.15) is 0 Å². The smallest absolute Gasteiger partial charge is 0.0562 e. The number of para-hydroxylation sites is 1. The zero-order chi connectivity index (χ0) is 25.2. The molecule has 0 atom stereocenters. The summed E-state index contributed by atoms with van der Waals surface area (Å²) in [5, 5.41) is 5.91. The summed E-state index contributed by atoms with van der Waals surface area (Å²) in [6.07, 6.45) is 2.09. The quantitative estimate of drug-likeness (QED) is 0.237. The maximum Gasteiger partial charge on any atom is 0.0562 e. The van der Waals surface area contributed by atoms with Gasteiger partial charge in [-0.05, 0) is 59.5 Å². The van der Waals surface area contributed by atoms with E-state index in [1.807, 2.05) is 12.1 Å². The highest BCUT2D eigenvalue weighted by Gasteiger charge is 2.15. The van der Waals surface area contributed by atoms with Crippen molar-refractivity contribution < 1.29 is 0 Å². The average Bonchev–Trinajstić information content (AvgIpc) is 3.26. The maximum absolute atomic E-state index is 6.63. The van der Waals surface area contributed by atoms with Gasteiger partial charge < -0.3 is 15.6 Å². The molecule has 6 rings (SSSR count). The molecule has 37 heavy (non-hydrogen) atoms. The second-order valence-corrected chi connectivity index (χ2v) is 9.42. The molecule has 3 heteroatoms. The first-order valence-electron chi connectivity index (χ1n) is 12.6. The van der Waals surface area contributed by atoms with Crippen molar-refractivity contribution in [2.75, 3.05) is 5.73 Å². The van der Waals surface area contributed by atoms with E-state index in [0.717, 1.165) is 34.6 Å². The number of nitrogens with zero attached hydrogens (tertiary/aromatic N) is 1. The number of nitrogens with two attached hydrogens (primary N) is 1. The van der Waals surface area contributed by atoms with E-state index in [1.54, 1.807) is 0 Å². The third-order valence-corrected chi connectivity index (χ3v) is 6.95. The minimum Gasteiger partial charge on any atom is -0.398 e. The Bertz CT molecular complexity index is 1730. The van der Waals surface area contributed by atoms with E-state index in [9.17, 15) is 0 Å². The first kappa shape index (κ1) is 22.7. The molecule has 0 radical (unpaired) electrons. The van der Waals surface area contributed by atoms with Gasteiger partial charge in [-0.3, -0.25) is 0 Å². The van der Waals surface area contributed by atoms with Crippen LogP contribution in [0.15, 0.2) is 128 Å². The molecule has 3 N–H and O–H groups in total. The average molecular weight is 480 g/mol. The summed E-state index contributed by atoms with van der Waals surface area (Å²) in [7, 11) is 0. The Morgan fingerprint density at radius 2 is 1.46 bits per heavy atom. The molecule has 0 saturated heterocycles. The largest absolute Gasteiger partial charge is 0.398 e. The normalized spacial score (nSPS) is 11.8. The molecule has 3 nitrogen and oxygen atoms in total. The Morgan fingerprint density at radius 3 is 2.27 bits per heavy atom. The van der Waals surface area contributed by atoms with Gasteiger partial charge in [0.1, 0.15) is 0 Å². The van der Waals surface area contributed by atoms with Crippen molar-refractivity contribution in [3.05, 3.63) is 139 Å². The van der Waals surface area contributed by atoms with Crippen molar-refractivity contribution in [3.8, 4) is 16.8 Å².